The van der Waals surface area contributed by atoms with Crippen LogP contribution < -0.4 is 5.32 Å². The molecule has 2 unspecified atom stereocenters. The summed E-state index contributed by atoms with van der Waals surface area (Å²) in [5.41, 5.74) is 1.25. The Morgan fingerprint density at radius 3 is 2.52 bits per heavy atom. The average Bonchev–Trinajstić information content (AvgIpc) is 3.41. The van der Waals surface area contributed by atoms with Crippen molar-refractivity contribution < 1.29 is 14.3 Å². The van der Waals surface area contributed by atoms with Gasteiger partial charge in [0.2, 0.25) is 5.91 Å². The monoisotopic (exact) mass is 341 g/mol. The van der Waals surface area contributed by atoms with Gasteiger partial charge in [0.25, 0.3) is 0 Å². The Kier molecular flexibility index (Phi) is 5.19. The molecule has 0 radical (unpaired) electrons. The smallest absolute Gasteiger partial charge is 0.230 e. The number of hydrogen-bond donors (Lipinski definition) is 2. The average molecular weight is 341 g/mol. The van der Waals surface area contributed by atoms with E-state index in [4.69, 9.17) is 0 Å². The molecule has 0 heterocycles. The lowest BCUT2D eigenvalue weighted by molar-refractivity contribution is -0.123. The molecule has 2 N–H and O–H groups in total. The van der Waals surface area contributed by atoms with Crippen molar-refractivity contribution in [2.45, 2.75) is 43.6 Å². The Bertz CT molecular complexity index is 726. The molecule has 0 spiro atoms. The van der Waals surface area contributed by atoms with Gasteiger partial charge < -0.3 is 10.4 Å². The fourth-order valence-corrected chi connectivity index (χ4v) is 3.42. The molecule has 2 atom stereocenters. The molecule has 3 rings (SSSR count). The molecule has 1 fully saturated rings. The van der Waals surface area contributed by atoms with Crippen LogP contribution in [0.5, 0.6) is 0 Å². The summed E-state index contributed by atoms with van der Waals surface area (Å²) >= 11 is 0. The van der Waals surface area contributed by atoms with Crippen molar-refractivity contribution in [2.75, 3.05) is 6.54 Å². The van der Waals surface area contributed by atoms with Crippen LogP contribution in [0.3, 0.4) is 0 Å². The predicted octanol–water partition coefficient (Wildman–Crippen LogP) is 3.53. The first-order valence-corrected chi connectivity index (χ1v) is 8.78. The van der Waals surface area contributed by atoms with Crippen molar-refractivity contribution in [1.82, 2.24) is 5.32 Å². The first-order chi connectivity index (χ1) is 12.0. The van der Waals surface area contributed by atoms with E-state index in [9.17, 15) is 14.3 Å². The van der Waals surface area contributed by atoms with E-state index in [0.717, 1.165) is 24.0 Å². The van der Waals surface area contributed by atoms with Crippen molar-refractivity contribution in [2.24, 2.45) is 0 Å². The Morgan fingerprint density at radius 1 is 1.20 bits per heavy atom. The molecule has 1 saturated carbocycles. The summed E-state index contributed by atoms with van der Waals surface area (Å²) in [4.78, 5) is 12.8. The quantitative estimate of drug-likeness (QED) is 0.809. The fraction of sp³-hybridized carbons (Fsp3) is 0.381. The van der Waals surface area contributed by atoms with Gasteiger partial charge in [0.1, 0.15) is 5.82 Å². The third-order valence-corrected chi connectivity index (χ3v) is 4.97. The Hall–Kier alpha value is -2.20. The number of hydrogen-bond acceptors (Lipinski definition) is 2. The molecule has 1 aliphatic rings. The van der Waals surface area contributed by atoms with Gasteiger partial charge in [0.05, 0.1) is 11.5 Å². The maximum atomic E-state index is 13.5. The van der Waals surface area contributed by atoms with E-state index >= 15 is 0 Å². The lowest BCUT2D eigenvalue weighted by atomic mass is 9.91. The molecule has 4 heteroatoms. The number of rotatable bonds is 7. The second kappa shape index (κ2) is 7.36. The molecule has 0 aromatic heterocycles. The lowest BCUT2D eigenvalue weighted by Crippen LogP contribution is -2.37. The topological polar surface area (TPSA) is 49.3 Å². The summed E-state index contributed by atoms with van der Waals surface area (Å²) in [6.07, 6.45) is 1.63. The van der Waals surface area contributed by atoms with Gasteiger partial charge in [0, 0.05) is 12.5 Å². The van der Waals surface area contributed by atoms with Gasteiger partial charge in [-0.15, -0.1) is 0 Å². The summed E-state index contributed by atoms with van der Waals surface area (Å²) in [5.74, 6) is -0.314. The van der Waals surface area contributed by atoms with Crippen LogP contribution in [0.2, 0.25) is 0 Å². The van der Waals surface area contributed by atoms with Crippen LogP contribution >= 0.6 is 0 Å². The van der Waals surface area contributed by atoms with Crippen LogP contribution in [0.15, 0.2) is 54.6 Å². The number of nitrogens with one attached hydrogen (secondary N) is 1. The second-order valence-electron chi connectivity index (χ2n) is 6.99. The molecule has 25 heavy (non-hydrogen) atoms. The minimum atomic E-state index is -0.589. The Morgan fingerprint density at radius 2 is 1.92 bits per heavy atom. The summed E-state index contributed by atoms with van der Waals surface area (Å²) < 4.78 is 13.5. The highest BCUT2D eigenvalue weighted by Gasteiger charge is 2.51. The Labute approximate surface area is 147 Å². The van der Waals surface area contributed by atoms with Crippen molar-refractivity contribution >= 4 is 5.91 Å². The molecule has 1 amide bonds. The van der Waals surface area contributed by atoms with E-state index in [1.54, 1.807) is 13.0 Å². The first-order valence-electron chi connectivity index (χ1n) is 8.78. The van der Waals surface area contributed by atoms with E-state index in [-0.39, 0.29) is 17.6 Å². The van der Waals surface area contributed by atoms with Gasteiger partial charge in [-0.05, 0) is 49.4 Å². The molecule has 1 aliphatic carbocycles. The number of carbonyl (C=O) groups excluding carboxylic acids is 1. The van der Waals surface area contributed by atoms with Crippen LogP contribution in [0, 0.1) is 5.82 Å². The van der Waals surface area contributed by atoms with Crippen LogP contribution in [-0.4, -0.2) is 23.7 Å². The molecular formula is C21H24FNO2. The summed E-state index contributed by atoms with van der Waals surface area (Å²) in [7, 11) is 0. The zero-order valence-electron chi connectivity index (χ0n) is 14.4. The van der Waals surface area contributed by atoms with E-state index in [1.807, 2.05) is 36.4 Å². The zero-order chi connectivity index (χ0) is 17.9. The third-order valence-electron chi connectivity index (χ3n) is 4.97. The number of amides is 1. The van der Waals surface area contributed by atoms with E-state index in [0.29, 0.717) is 13.0 Å². The maximum absolute atomic E-state index is 13.5. The lowest BCUT2D eigenvalue weighted by Gasteiger charge is -2.22. The van der Waals surface area contributed by atoms with Crippen molar-refractivity contribution in [3.63, 3.8) is 0 Å². The standard InChI is InChI=1S/C21H24FNO2/c1-15(24)12-17(16-6-3-2-4-7-16)14-23-20(25)21(10-11-21)18-8-5-9-19(22)13-18/h2-9,13,15,17,24H,10-12,14H2,1H3,(H,23,25). The molecule has 2 aromatic rings. The summed E-state index contributed by atoms with van der Waals surface area (Å²) in [6.45, 7) is 2.22. The molecule has 3 nitrogen and oxygen atoms in total. The van der Waals surface area contributed by atoms with Crippen LogP contribution in [0.25, 0.3) is 0 Å². The summed E-state index contributed by atoms with van der Waals surface area (Å²) in [5, 5.41) is 12.8. The number of halogens is 1. The molecule has 0 bridgehead atoms. The predicted molar refractivity (Wildman–Crippen MR) is 95.8 cm³/mol. The Balaban J connectivity index is 1.69. The molecule has 0 saturated heterocycles. The van der Waals surface area contributed by atoms with Gasteiger partial charge in [-0.1, -0.05) is 42.5 Å². The van der Waals surface area contributed by atoms with E-state index in [1.165, 1.54) is 12.1 Å². The highest BCUT2D eigenvalue weighted by molar-refractivity contribution is 5.91. The normalized spacial score (nSPS) is 17.6. The van der Waals surface area contributed by atoms with Crippen LogP contribution in [-0.2, 0) is 10.2 Å². The fourth-order valence-electron chi connectivity index (χ4n) is 3.42. The van der Waals surface area contributed by atoms with Crippen molar-refractivity contribution in [3.05, 3.63) is 71.5 Å². The number of aliphatic hydroxyl groups excluding tert-OH is 1. The number of aliphatic hydroxyl groups is 1. The van der Waals surface area contributed by atoms with E-state index in [2.05, 4.69) is 5.32 Å². The first kappa shape index (κ1) is 17.6. The van der Waals surface area contributed by atoms with Crippen LogP contribution in [0.1, 0.15) is 43.2 Å². The molecule has 0 aliphatic heterocycles. The largest absolute Gasteiger partial charge is 0.393 e. The van der Waals surface area contributed by atoms with E-state index < -0.39 is 11.5 Å². The second-order valence-corrected chi connectivity index (χ2v) is 6.99. The zero-order valence-corrected chi connectivity index (χ0v) is 14.4. The minimum Gasteiger partial charge on any atom is -0.393 e. The van der Waals surface area contributed by atoms with Gasteiger partial charge in [-0.2, -0.15) is 0 Å². The molecule has 132 valence electrons. The van der Waals surface area contributed by atoms with Gasteiger partial charge >= 0.3 is 0 Å². The molecular weight excluding hydrogens is 317 g/mol. The highest BCUT2D eigenvalue weighted by atomic mass is 19.1. The van der Waals surface area contributed by atoms with Crippen LogP contribution in [0.4, 0.5) is 4.39 Å². The highest BCUT2D eigenvalue weighted by Crippen LogP contribution is 2.48. The van der Waals surface area contributed by atoms with Crippen molar-refractivity contribution in [1.29, 1.82) is 0 Å². The van der Waals surface area contributed by atoms with Gasteiger partial charge in [-0.25, -0.2) is 4.39 Å². The molecule has 2 aromatic carbocycles. The minimum absolute atomic E-state index is 0.0495. The number of benzene rings is 2. The van der Waals surface area contributed by atoms with Crippen molar-refractivity contribution in [3.8, 4) is 0 Å². The third kappa shape index (κ3) is 4.07. The van der Waals surface area contributed by atoms with Gasteiger partial charge in [0.15, 0.2) is 0 Å². The maximum Gasteiger partial charge on any atom is 0.230 e. The van der Waals surface area contributed by atoms with Gasteiger partial charge in [-0.3, -0.25) is 4.79 Å². The number of carbonyl (C=O) groups is 1. The SMILES string of the molecule is CC(O)CC(CNC(=O)C1(c2cccc(F)c2)CC1)c1ccccc1. The summed E-state index contributed by atoms with van der Waals surface area (Å²) in [6, 6.07) is 16.2.